The van der Waals surface area contributed by atoms with E-state index in [-0.39, 0.29) is 5.82 Å². The molecule has 1 aromatic carbocycles. The highest BCUT2D eigenvalue weighted by atomic mass is 79.9. The van der Waals surface area contributed by atoms with E-state index in [1.54, 1.807) is 12.3 Å². The molecule has 0 aliphatic heterocycles. The maximum absolute atomic E-state index is 13.3. The lowest BCUT2D eigenvalue weighted by Gasteiger charge is -2.09. The van der Waals surface area contributed by atoms with Gasteiger partial charge in [0, 0.05) is 28.0 Å². The Kier molecular flexibility index (Phi) is 3.94. The second kappa shape index (κ2) is 5.45. The minimum absolute atomic E-state index is 0.240. The number of unbranched alkanes of at least 4 members (excludes halogenated alkanes) is 1. The van der Waals surface area contributed by atoms with E-state index in [1.807, 2.05) is 0 Å². The predicted molar refractivity (Wildman–Crippen MR) is 72.8 cm³/mol. The van der Waals surface area contributed by atoms with Crippen LogP contribution in [0.1, 0.15) is 19.8 Å². The molecule has 0 unspecified atom stereocenters. The minimum atomic E-state index is -0.240. The molecule has 4 heteroatoms. The number of hydrogen-bond donors (Lipinski definition) is 1. The van der Waals surface area contributed by atoms with Crippen molar-refractivity contribution in [3.63, 3.8) is 0 Å². The standard InChI is InChI=1S/C13H14BrFN2/c1-2-3-6-16-13-11-7-9(15)4-5-10(11)12(14)8-17-13/h4-5,7-8H,2-3,6H2,1H3,(H,16,17). The van der Waals surface area contributed by atoms with Crippen LogP contribution in [0.25, 0.3) is 10.8 Å². The van der Waals surface area contributed by atoms with Crippen LogP contribution in [0.15, 0.2) is 28.9 Å². The Morgan fingerprint density at radius 1 is 1.35 bits per heavy atom. The zero-order chi connectivity index (χ0) is 12.3. The maximum atomic E-state index is 13.3. The Morgan fingerprint density at radius 2 is 2.18 bits per heavy atom. The zero-order valence-corrected chi connectivity index (χ0v) is 11.2. The van der Waals surface area contributed by atoms with Crippen molar-refractivity contribution in [2.75, 3.05) is 11.9 Å². The average molecular weight is 297 g/mol. The monoisotopic (exact) mass is 296 g/mol. The number of hydrogen-bond acceptors (Lipinski definition) is 2. The summed E-state index contributed by atoms with van der Waals surface area (Å²) in [6.45, 7) is 2.99. The number of fused-ring (bicyclic) bond motifs is 1. The van der Waals surface area contributed by atoms with Gasteiger partial charge in [-0.05, 0) is 34.5 Å². The molecule has 0 saturated carbocycles. The summed E-state index contributed by atoms with van der Waals surface area (Å²) in [5, 5.41) is 5.03. The summed E-state index contributed by atoms with van der Waals surface area (Å²) in [6.07, 6.45) is 3.94. The van der Waals surface area contributed by atoms with Crippen molar-refractivity contribution in [2.24, 2.45) is 0 Å². The Hall–Kier alpha value is -1.16. The van der Waals surface area contributed by atoms with Gasteiger partial charge in [0.15, 0.2) is 0 Å². The molecule has 2 rings (SSSR count). The van der Waals surface area contributed by atoms with E-state index in [9.17, 15) is 4.39 Å². The molecule has 0 bridgehead atoms. The van der Waals surface area contributed by atoms with E-state index in [0.29, 0.717) is 0 Å². The SMILES string of the molecule is CCCCNc1ncc(Br)c2ccc(F)cc12. The normalized spacial score (nSPS) is 10.8. The third kappa shape index (κ3) is 2.75. The highest BCUT2D eigenvalue weighted by Gasteiger charge is 2.06. The maximum Gasteiger partial charge on any atom is 0.134 e. The van der Waals surface area contributed by atoms with Gasteiger partial charge in [-0.15, -0.1) is 0 Å². The van der Waals surface area contributed by atoms with Gasteiger partial charge in [0.1, 0.15) is 11.6 Å². The molecule has 1 N–H and O–H groups in total. The van der Waals surface area contributed by atoms with Crippen molar-refractivity contribution in [3.05, 3.63) is 34.7 Å². The van der Waals surface area contributed by atoms with Crippen LogP contribution in [0.4, 0.5) is 10.2 Å². The number of aromatic nitrogens is 1. The van der Waals surface area contributed by atoms with E-state index in [2.05, 4.69) is 33.2 Å². The molecule has 0 radical (unpaired) electrons. The lowest BCUT2D eigenvalue weighted by Crippen LogP contribution is -2.03. The van der Waals surface area contributed by atoms with Gasteiger partial charge in [-0.1, -0.05) is 19.4 Å². The fourth-order valence-electron chi connectivity index (χ4n) is 1.71. The first-order chi connectivity index (χ1) is 8.22. The highest BCUT2D eigenvalue weighted by molar-refractivity contribution is 9.10. The number of rotatable bonds is 4. The summed E-state index contributed by atoms with van der Waals surface area (Å²) >= 11 is 3.42. The van der Waals surface area contributed by atoms with Crippen LogP contribution >= 0.6 is 15.9 Å². The molecule has 2 aromatic rings. The molecule has 1 heterocycles. The summed E-state index contributed by atoms with van der Waals surface area (Å²) in [7, 11) is 0. The third-order valence-electron chi connectivity index (χ3n) is 2.62. The van der Waals surface area contributed by atoms with Crippen LogP contribution in [0.3, 0.4) is 0 Å². The smallest absolute Gasteiger partial charge is 0.134 e. The highest BCUT2D eigenvalue weighted by Crippen LogP contribution is 2.28. The lowest BCUT2D eigenvalue weighted by molar-refractivity contribution is 0.629. The van der Waals surface area contributed by atoms with Gasteiger partial charge in [0.25, 0.3) is 0 Å². The van der Waals surface area contributed by atoms with E-state index in [1.165, 1.54) is 12.1 Å². The summed E-state index contributed by atoms with van der Waals surface area (Å²) in [5.74, 6) is 0.507. The van der Waals surface area contributed by atoms with Gasteiger partial charge in [-0.2, -0.15) is 0 Å². The fourth-order valence-corrected chi connectivity index (χ4v) is 2.15. The molecular weight excluding hydrogens is 283 g/mol. The van der Waals surface area contributed by atoms with Crippen LogP contribution in [-0.2, 0) is 0 Å². The van der Waals surface area contributed by atoms with E-state index in [0.717, 1.165) is 40.4 Å². The van der Waals surface area contributed by atoms with Crippen LogP contribution in [0.5, 0.6) is 0 Å². The molecule has 0 fully saturated rings. The second-order valence-electron chi connectivity index (χ2n) is 3.92. The average Bonchev–Trinajstić information content (AvgIpc) is 2.32. The zero-order valence-electron chi connectivity index (χ0n) is 9.63. The summed E-state index contributed by atoms with van der Waals surface area (Å²) in [5.41, 5.74) is 0. The first kappa shape index (κ1) is 12.3. The Morgan fingerprint density at radius 3 is 2.94 bits per heavy atom. The van der Waals surface area contributed by atoms with Gasteiger partial charge in [0.05, 0.1) is 0 Å². The number of nitrogens with zero attached hydrogens (tertiary/aromatic N) is 1. The molecule has 90 valence electrons. The van der Waals surface area contributed by atoms with Crippen LogP contribution in [0, 0.1) is 5.82 Å². The lowest BCUT2D eigenvalue weighted by atomic mass is 10.1. The summed E-state index contributed by atoms with van der Waals surface area (Å²) < 4.78 is 14.1. The largest absolute Gasteiger partial charge is 0.370 e. The first-order valence-corrected chi connectivity index (χ1v) is 6.49. The van der Waals surface area contributed by atoms with Crippen molar-refractivity contribution < 1.29 is 4.39 Å². The quantitative estimate of drug-likeness (QED) is 0.849. The van der Waals surface area contributed by atoms with Crippen molar-refractivity contribution in [2.45, 2.75) is 19.8 Å². The van der Waals surface area contributed by atoms with E-state index >= 15 is 0 Å². The van der Waals surface area contributed by atoms with Crippen LogP contribution in [-0.4, -0.2) is 11.5 Å². The number of halogens is 2. The van der Waals surface area contributed by atoms with Crippen molar-refractivity contribution in [1.82, 2.24) is 4.98 Å². The predicted octanol–water partition coefficient (Wildman–Crippen LogP) is 4.35. The Labute approximate surface area is 108 Å². The molecule has 17 heavy (non-hydrogen) atoms. The van der Waals surface area contributed by atoms with E-state index < -0.39 is 0 Å². The van der Waals surface area contributed by atoms with Gasteiger partial charge in [-0.3, -0.25) is 0 Å². The van der Waals surface area contributed by atoms with Crippen LogP contribution in [0.2, 0.25) is 0 Å². The molecule has 0 aliphatic rings. The molecule has 2 nitrogen and oxygen atoms in total. The molecule has 0 spiro atoms. The fraction of sp³-hybridized carbons (Fsp3) is 0.308. The topological polar surface area (TPSA) is 24.9 Å². The molecule has 0 saturated heterocycles. The van der Waals surface area contributed by atoms with Crippen molar-refractivity contribution in [1.29, 1.82) is 0 Å². The van der Waals surface area contributed by atoms with Crippen molar-refractivity contribution >= 4 is 32.5 Å². The molecule has 0 amide bonds. The van der Waals surface area contributed by atoms with Crippen molar-refractivity contribution in [3.8, 4) is 0 Å². The Bertz CT molecular complexity index is 528. The number of benzene rings is 1. The molecule has 1 aromatic heterocycles. The van der Waals surface area contributed by atoms with E-state index in [4.69, 9.17) is 0 Å². The van der Waals surface area contributed by atoms with Gasteiger partial charge < -0.3 is 5.32 Å². The summed E-state index contributed by atoms with van der Waals surface area (Å²) in [6, 6.07) is 4.74. The summed E-state index contributed by atoms with van der Waals surface area (Å²) in [4.78, 5) is 4.29. The number of anilines is 1. The van der Waals surface area contributed by atoms with Crippen LogP contribution < -0.4 is 5.32 Å². The van der Waals surface area contributed by atoms with Gasteiger partial charge >= 0.3 is 0 Å². The van der Waals surface area contributed by atoms with Gasteiger partial charge in [0.2, 0.25) is 0 Å². The first-order valence-electron chi connectivity index (χ1n) is 5.70. The molecule has 0 aliphatic carbocycles. The number of nitrogens with one attached hydrogen (secondary N) is 1. The minimum Gasteiger partial charge on any atom is -0.370 e. The Balaban J connectivity index is 2.41. The third-order valence-corrected chi connectivity index (χ3v) is 3.26. The molecule has 0 atom stereocenters. The second-order valence-corrected chi connectivity index (χ2v) is 4.78. The number of pyridine rings is 1. The molecular formula is C13H14BrFN2. The van der Waals surface area contributed by atoms with Gasteiger partial charge in [-0.25, -0.2) is 9.37 Å².